The number of allylic oxidation sites excluding steroid dienone is 1. The number of rotatable bonds is 0. The van der Waals surface area contributed by atoms with Crippen LogP contribution >= 0.6 is 0 Å². The first-order valence-corrected chi connectivity index (χ1v) is 17.7. The third-order valence-corrected chi connectivity index (χ3v) is 11.4. The molecule has 3 aromatic carbocycles. The van der Waals surface area contributed by atoms with E-state index in [0.29, 0.717) is 5.92 Å². The van der Waals surface area contributed by atoms with Crippen molar-refractivity contribution in [1.29, 1.82) is 0 Å². The molecule has 49 heavy (non-hydrogen) atoms. The largest absolute Gasteiger partial charge is 0.293 e. The van der Waals surface area contributed by atoms with Crippen LogP contribution in [0.25, 0.3) is 66.4 Å². The van der Waals surface area contributed by atoms with Gasteiger partial charge in [-0.05, 0) is 79.3 Å². The van der Waals surface area contributed by atoms with E-state index in [0.717, 1.165) is 42.0 Å². The van der Waals surface area contributed by atoms with Gasteiger partial charge in [0.1, 0.15) is 5.65 Å². The summed E-state index contributed by atoms with van der Waals surface area (Å²) in [7, 11) is 0. The van der Waals surface area contributed by atoms with Crippen molar-refractivity contribution in [3.63, 3.8) is 0 Å². The Bertz CT molecular complexity index is 2670. The molecule has 0 radical (unpaired) electrons. The fourth-order valence-corrected chi connectivity index (χ4v) is 9.03. The average Bonchev–Trinajstić information content (AvgIpc) is 3.61. The highest BCUT2D eigenvalue weighted by molar-refractivity contribution is 6.23. The highest BCUT2D eigenvalue weighted by atomic mass is 15.1. The lowest BCUT2D eigenvalue weighted by molar-refractivity contribution is -0.720. The molecule has 0 fully saturated rings. The molecule has 0 aliphatic carbocycles. The summed E-state index contributed by atoms with van der Waals surface area (Å²) in [6, 6.07) is 36.6. The first kappa shape index (κ1) is 28.6. The number of fused-ring (bicyclic) bond motifs is 15. The maximum atomic E-state index is 5.70. The summed E-state index contributed by atoms with van der Waals surface area (Å²) >= 11 is 0. The van der Waals surface area contributed by atoms with Gasteiger partial charge in [0.05, 0.1) is 28.7 Å². The second-order valence-electron chi connectivity index (χ2n) is 15.4. The van der Waals surface area contributed by atoms with Gasteiger partial charge >= 0.3 is 0 Å². The van der Waals surface area contributed by atoms with E-state index in [1.54, 1.807) is 0 Å². The summed E-state index contributed by atoms with van der Waals surface area (Å²) in [5, 5.41) is 5.08. The van der Waals surface area contributed by atoms with Crippen LogP contribution in [0, 0.1) is 6.92 Å². The minimum Gasteiger partial charge on any atom is -0.293 e. The quantitative estimate of drug-likeness (QED) is 0.152. The number of hydrogen-bond acceptors (Lipinski definition) is 1. The van der Waals surface area contributed by atoms with Crippen LogP contribution in [-0.4, -0.2) is 9.38 Å². The van der Waals surface area contributed by atoms with Crippen molar-refractivity contribution in [3.05, 3.63) is 138 Å². The summed E-state index contributed by atoms with van der Waals surface area (Å²) in [4.78, 5) is 5.70. The minimum atomic E-state index is 0.0787. The van der Waals surface area contributed by atoms with E-state index in [9.17, 15) is 0 Å². The molecule has 0 bridgehead atoms. The van der Waals surface area contributed by atoms with Crippen LogP contribution in [0.5, 0.6) is 0 Å². The second-order valence-corrected chi connectivity index (χ2v) is 15.4. The van der Waals surface area contributed by atoms with Gasteiger partial charge in [-0.2, -0.15) is 9.13 Å². The minimum absolute atomic E-state index is 0.0787. The molecule has 0 N–H and O–H groups in total. The predicted octanol–water partition coefficient (Wildman–Crippen LogP) is 9.89. The number of aryl methyl sites for hydroxylation is 2. The maximum absolute atomic E-state index is 5.70. The van der Waals surface area contributed by atoms with Gasteiger partial charge in [0.15, 0.2) is 24.1 Å². The molecule has 0 amide bonds. The molecular weight excluding hydrogens is 597 g/mol. The molecule has 0 spiro atoms. The molecule has 4 nitrogen and oxygen atoms in total. The standard InChI is InChI=1S/C45H40N4/c1-27-16-20-40-37-25-36-34-14-10-13-33-35-24-29(45(3,4)5)17-21-41(35)49(43(33)34)44(36)46-38(37)19-18-32-30-11-6-7-12-31(30)39-15-8-9-22-47(39)42(32)23-28(2)48(40)26-27/h6-17,20-22,24-26,32,42H,2,18-19,23H2,1,3-5H3/q+2. The zero-order valence-electron chi connectivity index (χ0n) is 28.7. The fraction of sp³-hybridized carbons (Fsp3) is 0.222. The van der Waals surface area contributed by atoms with Gasteiger partial charge in [-0.15, -0.1) is 0 Å². The van der Waals surface area contributed by atoms with E-state index in [4.69, 9.17) is 11.6 Å². The van der Waals surface area contributed by atoms with Crippen molar-refractivity contribution in [3.8, 4) is 22.5 Å². The van der Waals surface area contributed by atoms with Crippen molar-refractivity contribution in [1.82, 2.24) is 9.38 Å². The van der Waals surface area contributed by atoms with Crippen molar-refractivity contribution >= 4 is 43.9 Å². The Morgan fingerprint density at radius 3 is 2.47 bits per heavy atom. The summed E-state index contributed by atoms with van der Waals surface area (Å²) < 4.78 is 7.30. The van der Waals surface area contributed by atoms with Crippen LogP contribution in [0.15, 0.2) is 116 Å². The van der Waals surface area contributed by atoms with Gasteiger partial charge in [-0.1, -0.05) is 63.2 Å². The Morgan fingerprint density at radius 2 is 1.61 bits per heavy atom. The molecule has 4 heteroatoms. The van der Waals surface area contributed by atoms with Gasteiger partial charge in [0.2, 0.25) is 11.4 Å². The first-order chi connectivity index (χ1) is 23.8. The molecule has 0 saturated carbocycles. The normalized spacial score (nSPS) is 17.6. The van der Waals surface area contributed by atoms with Crippen molar-refractivity contribution in [2.45, 2.75) is 64.3 Å². The number of pyridine rings is 3. The van der Waals surface area contributed by atoms with Gasteiger partial charge < -0.3 is 0 Å². The number of nitrogens with zero attached hydrogens (tertiary/aromatic N) is 4. The SMILES string of the molecule is C=C1CC2C(CCc3nc4c(cc3-c3ccc(C)c[n+]31)c1cccc3c5cc(C(C)(C)C)ccc5n4c31)c1ccccc1-c1cccc[n+]12. The lowest BCUT2D eigenvalue weighted by Gasteiger charge is -2.31. The van der Waals surface area contributed by atoms with Crippen LogP contribution in [-0.2, 0) is 11.8 Å². The summed E-state index contributed by atoms with van der Waals surface area (Å²) in [5.41, 5.74) is 14.9. The van der Waals surface area contributed by atoms with E-state index in [-0.39, 0.29) is 11.5 Å². The lowest BCUT2D eigenvalue weighted by atomic mass is 9.78. The summed E-state index contributed by atoms with van der Waals surface area (Å²) in [5.74, 6) is 0.329. The van der Waals surface area contributed by atoms with Crippen LogP contribution in [0.2, 0.25) is 0 Å². The van der Waals surface area contributed by atoms with Gasteiger partial charge in [-0.25, -0.2) is 4.98 Å². The fourth-order valence-electron chi connectivity index (χ4n) is 9.03. The van der Waals surface area contributed by atoms with E-state index in [1.807, 2.05) is 0 Å². The van der Waals surface area contributed by atoms with Crippen molar-refractivity contribution < 1.29 is 9.13 Å². The molecular formula is C45H40N4+2. The van der Waals surface area contributed by atoms with E-state index in [1.165, 1.54) is 66.1 Å². The Morgan fingerprint density at radius 1 is 0.796 bits per heavy atom. The number of aromatic nitrogens is 4. The van der Waals surface area contributed by atoms with Crippen molar-refractivity contribution in [2.24, 2.45) is 0 Å². The van der Waals surface area contributed by atoms with Gasteiger partial charge in [0, 0.05) is 56.8 Å². The Labute approximate surface area is 287 Å². The van der Waals surface area contributed by atoms with Crippen LogP contribution < -0.4 is 9.13 Å². The highest BCUT2D eigenvalue weighted by Crippen LogP contribution is 2.45. The van der Waals surface area contributed by atoms with E-state index >= 15 is 0 Å². The Balaban J connectivity index is 1.25. The number of hydrogen-bond donors (Lipinski definition) is 0. The lowest BCUT2D eigenvalue weighted by Crippen LogP contribution is -2.49. The Kier molecular flexibility index (Phi) is 5.90. The third-order valence-electron chi connectivity index (χ3n) is 11.4. The smallest absolute Gasteiger partial charge is 0.219 e. The maximum Gasteiger partial charge on any atom is 0.219 e. The zero-order valence-corrected chi connectivity index (χ0v) is 28.7. The van der Waals surface area contributed by atoms with Crippen molar-refractivity contribution in [2.75, 3.05) is 0 Å². The Hall–Kier alpha value is -5.35. The summed E-state index contributed by atoms with van der Waals surface area (Å²) in [6.45, 7) is 13.8. The molecule has 2 unspecified atom stereocenters. The molecule has 7 heterocycles. The molecule has 0 saturated heterocycles. The topological polar surface area (TPSA) is 25.1 Å². The van der Waals surface area contributed by atoms with Crippen LogP contribution in [0.1, 0.15) is 68.0 Å². The first-order valence-electron chi connectivity index (χ1n) is 17.7. The molecule has 238 valence electrons. The molecule has 2 aliphatic heterocycles. The van der Waals surface area contributed by atoms with Gasteiger partial charge in [0.25, 0.3) is 0 Å². The molecule has 10 rings (SSSR count). The highest BCUT2D eigenvalue weighted by Gasteiger charge is 2.42. The van der Waals surface area contributed by atoms with Gasteiger partial charge in [-0.3, -0.25) is 4.40 Å². The summed E-state index contributed by atoms with van der Waals surface area (Å²) in [6.07, 6.45) is 7.29. The van der Waals surface area contributed by atoms with Crippen LogP contribution in [0.3, 0.4) is 0 Å². The number of benzene rings is 3. The monoisotopic (exact) mass is 636 g/mol. The predicted molar refractivity (Wildman–Crippen MR) is 200 cm³/mol. The molecule has 5 aromatic heterocycles. The number of para-hydroxylation sites is 1. The second kappa shape index (κ2) is 10.1. The zero-order chi connectivity index (χ0) is 33.2. The van der Waals surface area contributed by atoms with E-state index < -0.39 is 0 Å². The molecule has 2 aliphatic rings. The average molecular weight is 637 g/mol. The molecule has 2 atom stereocenters. The van der Waals surface area contributed by atoms with E-state index in [2.05, 4.69) is 151 Å². The third kappa shape index (κ3) is 4.07. The van der Waals surface area contributed by atoms with Crippen LogP contribution in [0.4, 0.5) is 0 Å². The molecule has 8 aromatic rings.